The number of halogens is 2. The van der Waals surface area contributed by atoms with Gasteiger partial charge in [0.15, 0.2) is 17.4 Å². The van der Waals surface area contributed by atoms with Gasteiger partial charge in [-0.25, -0.2) is 8.78 Å². The van der Waals surface area contributed by atoms with Gasteiger partial charge in [0.2, 0.25) is 0 Å². The summed E-state index contributed by atoms with van der Waals surface area (Å²) in [6.45, 7) is 2.74. The summed E-state index contributed by atoms with van der Waals surface area (Å²) in [7, 11) is 5.23. The highest BCUT2D eigenvalue weighted by molar-refractivity contribution is 6.32. The molecule has 0 aliphatic carbocycles. The fraction of sp³-hybridized carbons (Fsp3) is 0.400. The van der Waals surface area contributed by atoms with Crippen LogP contribution in [0.15, 0.2) is 12.1 Å². The fourth-order valence-corrected chi connectivity index (χ4v) is 0.966. The lowest BCUT2D eigenvalue weighted by Crippen LogP contribution is -2.28. The van der Waals surface area contributed by atoms with Gasteiger partial charge in [-0.2, -0.15) is 0 Å². The molecule has 0 spiro atoms. The summed E-state index contributed by atoms with van der Waals surface area (Å²) in [5.74, 6) is -2.28. The van der Waals surface area contributed by atoms with E-state index < -0.39 is 23.0 Å². The van der Waals surface area contributed by atoms with Crippen LogP contribution < -0.4 is 10.2 Å². The molecule has 0 unspecified atom stereocenters. The van der Waals surface area contributed by atoms with Crippen LogP contribution in [0.25, 0.3) is 0 Å². The molecule has 80 valence electrons. The van der Waals surface area contributed by atoms with Crippen LogP contribution in [0.3, 0.4) is 0 Å². The van der Waals surface area contributed by atoms with E-state index in [9.17, 15) is 13.9 Å². The Morgan fingerprint density at radius 3 is 2.20 bits per heavy atom. The van der Waals surface area contributed by atoms with E-state index >= 15 is 0 Å². The molecule has 1 aromatic rings. The molecule has 0 atom stereocenters. The molecular weight excluding hydrogens is 201 g/mol. The maximum Gasteiger partial charge on any atom is 0.190 e. The minimum Gasteiger partial charge on any atom is -0.485 e. The number of benzene rings is 1. The van der Waals surface area contributed by atoms with Crippen molar-refractivity contribution in [3.63, 3.8) is 0 Å². The first-order chi connectivity index (χ1) is 6.79. The quantitative estimate of drug-likeness (QED) is 0.754. The molecule has 0 heterocycles. The Bertz CT molecular complexity index is 338. The molecule has 0 aliphatic rings. The number of hydrogen-bond donors (Lipinski definition) is 1. The molecule has 0 saturated carbocycles. The molecule has 0 fully saturated rings. The van der Waals surface area contributed by atoms with Gasteiger partial charge in [0, 0.05) is 0 Å². The second kappa shape index (κ2) is 4.19. The molecule has 0 aromatic heterocycles. The van der Waals surface area contributed by atoms with E-state index in [1.54, 1.807) is 0 Å². The van der Waals surface area contributed by atoms with Gasteiger partial charge in [-0.05, 0) is 26.0 Å². The van der Waals surface area contributed by atoms with Crippen LogP contribution >= 0.6 is 0 Å². The molecule has 2 radical (unpaired) electrons. The van der Waals surface area contributed by atoms with Crippen LogP contribution in [0.2, 0.25) is 0 Å². The Morgan fingerprint density at radius 1 is 1.33 bits per heavy atom. The summed E-state index contributed by atoms with van der Waals surface area (Å²) in [6.07, 6.45) is 0. The van der Waals surface area contributed by atoms with Crippen LogP contribution in [0.5, 0.6) is 5.75 Å². The Morgan fingerprint density at radius 2 is 1.80 bits per heavy atom. The Kier molecular flexibility index (Phi) is 3.34. The summed E-state index contributed by atoms with van der Waals surface area (Å²) >= 11 is 0. The summed E-state index contributed by atoms with van der Waals surface area (Å²) in [5.41, 5.74) is -1.17. The molecule has 0 amide bonds. The first-order valence-electron chi connectivity index (χ1n) is 4.39. The average molecular weight is 212 g/mol. The predicted molar refractivity (Wildman–Crippen MR) is 53.5 cm³/mol. The highest BCUT2D eigenvalue weighted by Gasteiger charge is 2.17. The summed E-state index contributed by atoms with van der Waals surface area (Å²) in [5, 5.41) is 9.32. The van der Waals surface area contributed by atoms with Crippen molar-refractivity contribution < 1.29 is 18.6 Å². The molecule has 0 aliphatic heterocycles. The predicted octanol–water partition coefficient (Wildman–Crippen LogP) is 0.908. The number of ether oxygens (including phenoxy) is 1. The third kappa shape index (κ3) is 3.51. The molecule has 1 N–H and O–H groups in total. The second-order valence-corrected chi connectivity index (χ2v) is 3.91. The van der Waals surface area contributed by atoms with Crippen molar-refractivity contribution in [2.24, 2.45) is 0 Å². The van der Waals surface area contributed by atoms with E-state index in [-0.39, 0.29) is 12.1 Å². The third-order valence-electron chi connectivity index (χ3n) is 1.59. The lowest BCUT2D eigenvalue weighted by molar-refractivity contribution is 0.0258. The maximum absolute atomic E-state index is 13.2. The zero-order chi connectivity index (χ0) is 11.6. The van der Waals surface area contributed by atoms with Crippen LogP contribution in [0.4, 0.5) is 8.78 Å². The second-order valence-electron chi connectivity index (χ2n) is 3.91. The maximum atomic E-state index is 13.2. The van der Waals surface area contributed by atoms with Gasteiger partial charge in [0.1, 0.15) is 14.5 Å². The van der Waals surface area contributed by atoms with E-state index in [4.69, 9.17) is 12.6 Å². The van der Waals surface area contributed by atoms with Crippen molar-refractivity contribution in [3.8, 4) is 5.75 Å². The van der Waals surface area contributed by atoms with Crippen molar-refractivity contribution in [1.29, 1.82) is 0 Å². The number of aliphatic hydroxyl groups is 1. The van der Waals surface area contributed by atoms with Gasteiger partial charge >= 0.3 is 0 Å². The molecule has 2 nitrogen and oxygen atoms in total. The van der Waals surface area contributed by atoms with Crippen LogP contribution in [0, 0.1) is 11.6 Å². The average Bonchev–Trinajstić information content (AvgIpc) is 1.99. The van der Waals surface area contributed by atoms with Crippen molar-refractivity contribution in [2.45, 2.75) is 19.4 Å². The van der Waals surface area contributed by atoms with Crippen LogP contribution in [0.1, 0.15) is 13.8 Å². The van der Waals surface area contributed by atoms with Crippen molar-refractivity contribution in [3.05, 3.63) is 23.8 Å². The van der Waals surface area contributed by atoms with E-state index in [0.717, 1.165) is 12.1 Å². The molecule has 15 heavy (non-hydrogen) atoms. The number of hydrogen-bond acceptors (Lipinski definition) is 2. The van der Waals surface area contributed by atoms with Gasteiger partial charge in [-0.3, -0.25) is 0 Å². The highest BCUT2D eigenvalue weighted by atomic mass is 19.1. The smallest absolute Gasteiger partial charge is 0.190 e. The zero-order valence-corrected chi connectivity index (χ0v) is 8.55. The monoisotopic (exact) mass is 212 g/mol. The standard InChI is InChI=1S/C10H11BF2O2/c1-10(2,14)5-15-9-7(12)3-6(11)4-8(9)13/h3-4,14H,5H2,1-2H3. The largest absolute Gasteiger partial charge is 0.485 e. The summed E-state index contributed by atoms with van der Waals surface area (Å²) in [6, 6.07) is 1.92. The first kappa shape index (κ1) is 12.0. The Hall–Kier alpha value is -1.10. The van der Waals surface area contributed by atoms with E-state index in [1.165, 1.54) is 13.8 Å². The van der Waals surface area contributed by atoms with Crippen LogP contribution in [-0.4, -0.2) is 25.2 Å². The Balaban J connectivity index is 2.86. The van der Waals surface area contributed by atoms with Gasteiger partial charge in [0.05, 0.1) is 5.60 Å². The van der Waals surface area contributed by atoms with E-state index in [1.807, 2.05) is 0 Å². The summed E-state index contributed by atoms with van der Waals surface area (Å²) < 4.78 is 31.2. The Labute approximate surface area is 88.3 Å². The topological polar surface area (TPSA) is 29.5 Å². The lowest BCUT2D eigenvalue weighted by Gasteiger charge is -2.18. The zero-order valence-electron chi connectivity index (χ0n) is 8.55. The van der Waals surface area contributed by atoms with E-state index in [0.29, 0.717) is 0 Å². The summed E-state index contributed by atoms with van der Waals surface area (Å²) in [4.78, 5) is 0. The minimum atomic E-state index is -1.15. The van der Waals surface area contributed by atoms with E-state index in [2.05, 4.69) is 0 Å². The van der Waals surface area contributed by atoms with Gasteiger partial charge in [-0.15, -0.1) is 0 Å². The highest BCUT2D eigenvalue weighted by Crippen LogP contribution is 2.20. The van der Waals surface area contributed by atoms with Gasteiger partial charge in [-0.1, -0.05) is 5.46 Å². The van der Waals surface area contributed by atoms with Crippen molar-refractivity contribution in [1.82, 2.24) is 0 Å². The van der Waals surface area contributed by atoms with Gasteiger partial charge < -0.3 is 9.84 Å². The number of rotatable bonds is 3. The fourth-order valence-electron chi connectivity index (χ4n) is 0.966. The molecule has 5 heteroatoms. The molecule has 1 rings (SSSR count). The molecule has 0 saturated heterocycles. The molecule has 1 aromatic carbocycles. The minimum absolute atomic E-state index is 0.0133. The van der Waals surface area contributed by atoms with Crippen molar-refractivity contribution >= 4 is 13.3 Å². The SMILES string of the molecule is [B]c1cc(F)c(OCC(C)(C)O)c(F)c1. The first-order valence-corrected chi connectivity index (χ1v) is 4.39. The normalized spacial score (nSPS) is 11.5. The third-order valence-corrected chi connectivity index (χ3v) is 1.59. The van der Waals surface area contributed by atoms with Gasteiger partial charge in [0.25, 0.3) is 0 Å². The van der Waals surface area contributed by atoms with Crippen molar-refractivity contribution in [2.75, 3.05) is 6.61 Å². The lowest BCUT2D eigenvalue weighted by atomic mass is 9.96. The van der Waals surface area contributed by atoms with Crippen LogP contribution in [-0.2, 0) is 0 Å². The molecule has 0 bridgehead atoms. The molecular formula is C10H11BF2O2.